The number of sulfonamides is 1. The van der Waals surface area contributed by atoms with Crippen molar-refractivity contribution in [2.75, 3.05) is 26.0 Å². The van der Waals surface area contributed by atoms with Crippen LogP contribution in [0.1, 0.15) is 25.7 Å². The van der Waals surface area contributed by atoms with Crippen molar-refractivity contribution in [2.45, 2.75) is 31.7 Å². The summed E-state index contributed by atoms with van der Waals surface area (Å²) in [7, 11) is -1.87. The summed E-state index contributed by atoms with van der Waals surface area (Å²) in [5.74, 6) is -0.0400. The molecule has 0 atom stereocenters. The van der Waals surface area contributed by atoms with Crippen LogP contribution in [-0.4, -0.2) is 44.8 Å². The van der Waals surface area contributed by atoms with Crippen molar-refractivity contribution in [3.63, 3.8) is 0 Å². The average molecular weight is 246 g/mol. The van der Waals surface area contributed by atoms with E-state index in [-0.39, 0.29) is 24.9 Å². The monoisotopic (exact) mass is 246 g/mol. The van der Waals surface area contributed by atoms with Crippen LogP contribution in [0.4, 0.5) is 0 Å². The molecule has 0 saturated heterocycles. The van der Waals surface area contributed by atoms with Gasteiger partial charge in [-0.3, -0.25) is 0 Å². The lowest BCUT2D eigenvalue weighted by Gasteiger charge is -2.25. The summed E-state index contributed by atoms with van der Waals surface area (Å²) in [6, 6.07) is 1.95. The van der Waals surface area contributed by atoms with Gasteiger partial charge in [0, 0.05) is 13.2 Å². The molecule has 0 amide bonds. The minimum absolute atomic E-state index is 0.0153. The zero-order valence-corrected chi connectivity index (χ0v) is 10.4. The lowest BCUT2D eigenvalue weighted by Crippen LogP contribution is -2.41. The molecule has 1 aliphatic carbocycles. The second-order valence-corrected chi connectivity index (χ2v) is 5.99. The molecule has 1 rings (SSSR count). The van der Waals surface area contributed by atoms with Crippen molar-refractivity contribution < 1.29 is 13.2 Å². The Kier molecular flexibility index (Phi) is 5.19. The van der Waals surface area contributed by atoms with Crippen LogP contribution < -0.4 is 0 Å². The number of methoxy groups -OCH3 is 1. The molecule has 16 heavy (non-hydrogen) atoms. The van der Waals surface area contributed by atoms with Crippen LogP contribution in [0.5, 0.6) is 0 Å². The minimum atomic E-state index is -3.34. The van der Waals surface area contributed by atoms with Crippen LogP contribution in [0.3, 0.4) is 0 Å². The molecule has 6 heteroatoms. The maximum Gasteiger partial charge on any atom is 0.217 e. The Labute approximate surface area is 97.0 Å². The van der Waals surface area contributed by atoms with Gasteiger partial charge in [-0.2, -0.15) is 9.57 Å². The average Bonchev–Trinajstić information content (AvgIpc) is 2.76. The summed E-state index contributed by atoms with van der Waals surface area (Å²) in [6.45, 7) is 0.133. The van der Waals surface area contributed by atoms with E-state index < -0.39 is 10.0 Å². The summed E-state index contributed by atoms with van der Waals surface area (Å²) in [6.07, 6.45) is 3.83. The molecule has 0 aromatic rings. The summed E-state index contributed by atoms with van der Waals surface area (Å²) in [5, 5.41) is 8.70. The Balaban J connectivity index is 2.71. The molecule has 92 valence electrons. The highest BCUT2D eigenvalue weighted by Crippen LogP contribution is 2.25. The van der Waals surface area contributed by atoms with Gasteiger partial charge >= 0.3 is 0 Å². The van der Waals surface area contributed by atoms with Crippen LogP contribution in [0.15, 0.2) is 0 Å². The normalized spacial score (nSPS) is 17.8. The van der Waals surface area contributed by atoms with Gasteiger partial charge in [-0.1, -0.05) is 12.8 Å². The molecular weight excluding hydrogens is 228 g/mol. The molecule has 1 aliphatic rings. The molecule has 1 saturated carbocycles. The topological polar surface area (TPSA) is 70.4 Å². The lowest BCUT2D eigenvalue weighted by molar-refractivity contribution is 0.214. The Bertz CT molecular complexity index is 342. The summed E-state index contributed by atoms with van der Waals surface area (Å²) >= 11 is 0. The SMILES string of the molecule is COCCS(=O)(=O)N(CC#N)C1CCCC1. The summed E-state index contributed by atoms with van der Waals surface area (Å²) in [4.78, 5) is 0. The Morgan fingerprint density at radius 2 is 2.06 bits per heavy atom. The number of hydrogen-bond acceptors (Lipinski definition) is 4. The fourth-order valence-corrected chi connectivity index (χ4v) is 3.55. The standard InChI is InChI=1S/C10H18N2O3S/c1-15-8-9-16(13,14)12(7-6-11)10-4-2-3-5-10/h10H,2-5,7-9H2,1H3. The van der Waals surface area contributed by atoms with E-state index in [1.165, 1.54) is 11.4 Å². The summed E-state index contributed by atoms with van der Waals surface area (Å²) < 4.78 is 30.0. The predicted molar refractivity (Wildman–Crippen MR) is 60.2 cm³/mol. The first-order valence-electron chi connectivity index (χ1n) is 5.47. The fraction of sp³-hybridized carbons (Fsp3) is 0.900. The number of nitrogens with zero attached hydrogens (tertiary/aromatic N) is 2. The first kappa shape index (κ1) is 13.4. The van der Waals surface area contributed by atoms with Crippen molar-refractivity contribution in [1.29, 1.82) is 5.26 Å². The van der Waals surface area contributed by atoms with Crippen molar-refractivity contribution in [3.8, 4) is 6.07 Å². The maximum absolute atomic E-state index is 12.0. The molecule has 0 aliphatic heterocycles. The van der Waals surface area contributed by atoms with E-state index in [2.05, 4.69) is 0 Å². The molecule has 0 bridgehead atoms. The molecule has 0 unspecified atom stereocenters. The van der Waals surface area contributed by atoms with Crippen molar-refractivity contribution >= 4 is 10.0 Å². The number of nitriles is 1. The molecule has 5 nitrogen and oxygen atoms in total. The fourth-order valence-electron chi connectivity index (χ4n) is 2.02. The highest BCUT2D eigenvalue weighted by molar-refractivity contribution is 7.89. The highest BCUT2D eigenvalue weighted by Gasteiger charge is 2.31. The molecule has 0 heterocycles. The van der Waals surface area contributed by atoms with Crippen LogP contribution in [0.25, 0.3) is 0 Å². The second-order valence-electron chi connectivity index (χ2n) is 3.95. The maximum atomic E-state index is 12.0. The first-order chi connectivity index (χ1) is 7.61. The van der Waals surface area contributed by atoms with Crippen LogP contribution in [-0.2, 0) is 14.8 Å². The zero-order valence-electron chi connectivity index (χ0n) is 9.55. The molecule has 0 aromatic heterocycles. The van der Waals surface area contributed by atoms with Gasteiger partial charge in [0.25, 0.3) is 0 Å². The number of rotatable bonds is 6. The van der Waals surface area contributed by atoms with E-state index in [1.807, 2.05) is 6.07 Å². The van der Waals surface area contributed by atoms with Gasteiger partial charge in [-0.05, 0) is 12.8 Å². The molecule has 1 fully saturated rings. The number of ether oxygens (including phenoxy) is 1. The lowest BCUT2D eigenvalue weighted by atomic mass is 10.2. The van der Waals surface area contributed by atoms with Crippen LogP contribution in [0, 0.1) is 11.3 Å². The molecule has 0 radical (unpaired) electrons. The first-order valence-corrected chi connectivity index (χ1v) is 7.08. The van der Waals surface area contributed by atoms with E-state index in [9.17, 15) is 8.42 Å². The predicted octanol–water partition coefficient (Wildman–Crippen LogP) is 0.731. The van der Waals surface area contributed by atoms with Crippen LogP contribution in [0.2, 0.25) is 0 Å². The second kappa shape index (κ2) is 6.18. The third-order valence-electron chi connectivity index (χ3n) is 2.86. The molecule has 0 aromatic carbocycles. The van der Waals surface area contributed by atoms with Crippen molar-refractivity contribution in [2.24, 2.45) is 0 Å². The Morgan fingerprint density at radius 3 is 2.56 bits per heavy atom. The van der Waals surface area contributed by atoms with Crippen molar-refractivity contribution in [1.82, 2.24) is 4.31 Å². The summed E-state index contributed by atoms with van der Waals surface area (Å²) in [5.41, 5.74) is 0. The van der Waals surface area contributed by atoms with Gasteiger partial charge in [0.1, 0.15) is 6.54 Å². The van der Waals surface area contributed by atoms with E-state index in [4.69, 9.17) is 10.00 Å². The Morgan fingerprint density at radius 1 is 1.44 bits per heavy atom. The van der Waals surface area contributed by atoms with Gasteiger partial charge in [0.2, 0.25) is 10.0 Å². The molecular formula is C10H18N2O3S. The smallest absolute Gasteiger partial charge is 0.217 e. The zero-order chi connectivity index (χ0) is 12.0. The van der Waals surface area contributed by atoms with Gasteiger partial charge in [0.15, 0.2) is 0 Å². The van der Waals surface area contributed by atoms with Gasteiger partial charge in [-0.25, -0.2) is 8.42 Å². The minimum Gasteiger partial charge on any atom is -0.384 e. The van der Waals surface area contributed by atoms with E-state index >= 15 is 0 Å². The van der Waals surface area contributed by atoms with E-state index in [0.29, 0.717) is 0 Å². The Hall–Kier alpha value is -0.640. The van der Waals surface area contributed by atoms with Gasteiger partial charge in [-0.15, -0.1) is 0 Å². The number of hydrogen-bond donors (Lipinski definition) is 0. The molecule has 0 spiro atoms. The highest BCUT2D eigenvalue weighted by atomic mass is 32.2. The van der Waals surface area contributed by atoms with E-state index in [0.717, 1.165) is 25.7 Å². The third-order valence-corrected chi connectivity index (χ3v) is 4.69. The molecule has 0 N–H and O–H groups in total. The van der Waals surface area contributed by atoms with Crippen molar-refractivity contribution in [3.05, 3.63) is 0 Å². The van der Waals surface area contributed by atoms with E-state index in [1.54, 1.807) is 0 Å². The third kappa shape index (κ3) is 3.44. The largest absolute Gasteiger partial charge is 0.384 e. The van der Waals surface area contributed by atoms with Gasteiger partial charge < -0.3 is 4.74 Å². The quantitative estimate of drug-likeness (QED) is 0.648. The van der Waals surface area contributed by atoms with Crippen LogP contribution >= 0.6 is 0 Å². The van der Waals surface area contributed by atoms with Gasteiger partial charge in [0.05, 0.1) is 18.4 Å².